The number of ketones is 1. The number of fused-ring (bicyclic) bond motifs is 4. The van der Waals surface area contributed by atoms with Crippen LogP contribution in [0.3, 0.4) is 0 Å². The van der Waals surface area contributed by atoms with Crippen LogP contribution in [-0.2, 0) is 31.3 Å². The Morgan fingerprint density at radius 3 is 2.41 bits per heavy atom. The van der Waals surface area contributed by atoms with Gasteiger partial charge in [0.1, 0.15) is 0 Å². The van der Waals surface area contributed by atoms with Gasteiger partial charge in [-0.15, -0.1) is 18.2 Å². The number of pyridine rings is 2. The minimum Gasteiger partial charge on any atom is -0.512 e. The molecule has 237 valence electrons. The molecule has 1 N–H and O–H groups in total. The maximum atomic E-state index is 11.7. The number of hydrogen-bond donors (Lipinski definition) is 1. The number of allylic oxidation sites excluding steroid dienone is 2. The fraction of sp³-hybridized carbons (Fsp3) is 0.432. The molecule has 0 atom stereocenters. The van der Waals surface area contributed by atoms with Gasteiger partial charge in [0.15, 0.2) is 5.78 Å². The number of carbonyl (C=O) groups excluding carboxylic acids is 1. The number of aliphatic hydroxyl groups excluding tert-OH is 1. The summed E-state index contributed by atoms with van der Waals surface area (Å²) in [4.78, 5) is 20.5. The molecular formula is C37H45IrN2O3S-. The number of nitrogens with zero attached hydrogens (tertiary/aromatic N) is 2. The van der Waals surface area contributed by atoms with Crippen molar-refractivity contribution in [3.63, 3.8) is 0 Å². The van der Waals surface area contributed by atoms with Crippen molar-refractivity contribution in [2.45, 2.75) is 87.4 Å². The average molecular weight is 795 g/mol. The molecular weight excluding hydrogens is 745 g/mol. The molecule has 0 aliphatic rings. The first-order valence-corrected chi connectivity index (χ1v) is 15.9. The summed E-state index contributed by atoms with van der Waals surface area (Å²) < 4.78 is 47.3. The number of furan rings is 1. The average Bonchev–Trinajstić information content (AvgIpc) is 3.63. The van der Waals surface area contributed by atoms with Crippen molar-refractivity contribution in [1.29, 1.82) is 0 Å². The Kier molecular flexibility index (Phi) is 10.0. The summed E-state index contributed by atoms with van der Waals surface area (Å²) in [5, 5.41) is 14.0. The van der Waals surface area contributed by atoms with Crippen LogP contribution in [0.5, 0.6) is 0 Å². The van der Waals surface area contributed by atoms with Gasteiger partial charge in [0.25, 0.3) is 0 Å². The molecule has 0 aliphatic heterocycles. The van der Waals surface area contributed by atoms with Crippen molar-refractivity contribution >= 4 is 49.3 Å². The molecule has 0 aliphatic carbocycles. The van der Waals surface area contributed by atoms with E-state index in [9.17, 15) is 9.90 Å². The fourth-order valence-electron chi connectivity index (χ4n) is 5.22. The molecule has 0 spiro atoms. The van der Waals surface area contributed by atoms with Gasteiger partial charge in [0.2, 0.25) is 5.71 Å². The van der Waals surface area contributed by atoms with Crippen molar-refractivity contribution in [3.8, 4) is 11.3 Å². The molecule has 1 radical (unpaired) electrons. The van der Waals surface area contributed by atoms with E-state index in [1.165, 1.54) is 23.5 Å². The number of aromatic nitrogens is 2. The Morgan fingerprint density at radius 1 is 1.07 bits per heavy atom. The van der Waals surface area contributed by atoms with Crippen LogP contribution < -0.4 is 0 Å². The molecule has 5 nitrogen and oxygen atoms in total. The summed E-state index contributed by atoms with van der Waals surface area (Å²) in [6.07, 6.45) is 5.05. The predicted octanol–water partition coefficient (Wildman–Crippen LogP) is 10.8. The van der Waals surface area contributed by atoms with Crippen LogP contribution in [-0.4, -0.2) is 20.9 Å². The maximum Gasteiger partial charge on any atom is 0.216 e. The second kappa shape index (κ2) is 15.4. The van der Waals surface area contributed by atoms with Crippen LogP contribution in [0, 0.1) is 30.2 Å². The molecule has 1 aromatic carbocycles. The first-order valence-electron chi connectivity index (χ1n) is 17.6. The van der Waals surface area contributed by atoms with Crippen LogP contribution in [0.2, 0.25) is 0 Å². The third kappa shape index (κ3) is 8.04. The van der Waals surface area contributed by atoms with E-state index in [1.54, 1.807) is 18.3 Å². The summed E-state index contributed by atoms with van der Waals surface area (Å²) in [6, 6.07) is 11.9. The number of carbonyl (C=O) groups is 1. The summed E-state index contributed by atoms with van der Waals surface area (Å²) in [7, 11) is 0. The van der Waals surface area contributed by atoms with E-state index < -0.39 is 18.6 Å². The summed E-state index contributed by atoms with van der Waals surface area (Å²) in [5.41, 5.74) is 2.09. The molecule has 0 amide bonds. The van der Waals surface area contributed by atoms with Gasteiger partial charge < -0.3 is 14.5 Å². The van der Waals surface area contributed by atoms with Gasteiger partial charge in [-0.25, -0.2) is 4.98 Å². The van der Waals surface area contributed by atoms with Gasteiger partial charge in [0.05, 0.1) is 11.3 Å². The molecule has 5 rings (SSSR count). The molecule has 0 saturated carbocycles. The van der Waals surface area contributed by atoms with E-state index >= 15 is 0 Å². The van der Waals surface area contributed by atoms with E-state index in [1.807, 2.05) is 66.0 Å². The standard InChI is InChI=1S/C24H21N2OS.C13H24O2.Ir/c1-14-8-9-18-17-6-5-7-19(21(17)27-23(18)26-14)20-22-16(10-11-25-20)15(13-28-22)12-24(2,3)4;1-5-10(6-2)12(14)9-13(15)11(7-3)8-4;/h5-6,8-11,13H,12H2,1-4H3;9-11,14H,5-8H2,1-4H3;/q-1;;/b;12-9-;/i1D3,12D2;;. The predicted molar refractivity (Wildman–Crippen MR) is 181 cm³/mol. The van der Waals surface area contributed by atoms with E-state index in [2.05, 4.69) is 16.0 Å². The van der Waals surface area contributed by atoms with Crippen molar-refractivity contribution < 1.29 is 41.3 Å². The molecule has 4 aromatic heterocycles. The van der Waals surface area contributed by atoms with E-state index in [0.29, 0.717) is 22.4 Å². The van der Waals surface area contributed by atoms with Crippen molar-refractivity contribution in [2.75, 3.05) is 0 Å². The first-order chi connectivity index (χ1) is 22.5. The van der Waals surface area contributed by atoms with Gasteiger partial charge in [-0.05, 0) is 78.9 Å². The molecule has 0 bridgehead atoms. The zero-order chi connectivity index (χ0) is 35.6. The second-order valence-corrected chi connectivity index (χ2v) is 12.7. The number of thiophene rings is 1. The third-order valence-corrected chi connectivity index (χ3v) is 8.62. The maximum absolute atomic E-state index is 11.7. The number of rotatable bonds is 9. The van der Waals surface area contributed by atoms with Crippen molar-refractivity contribution in [3.05, 3.63) is 71.1 Å². The zero-order valence-corrected chi connectivity index (χ0v) is 29.7. The van der Waals surface area contributed by atoms with E-state index in [-0.39, 0.29) is 54.9 Å². The molecule has 44 heavy (non-hydrogen) atoms. The van der Waals surface area contributed by atoms with Gasteiger partial charge in [-0.3, -0.25) is 4.79 Å². The molecule has 7 heteroatoms. The van der Waals surface area contributed by atoms with Crippen LogP contribution in [0.1, 0.15) is 92.3 Å². The monoisotopic (exact) mass is 795 g/mol. The van der Waals surface area contributed by atoms with Gasteiger partial charge in [-0.1, -0.05) is 59.4 Å². The van der Waals surface area contributed by atoms with Crippen molar-refractivity contribution in [1.82, 2.24) is 9.97 Å². The molecule has 0 saturated heterocycles. The van der Waals surface area contributed by atoms with Crippen LogP contribution in [0.4, 0.5) is 0 Å². The summed E-state index contributed by atoms with van der Waals surface area (Å²) in [6.45, 7) is 11.4. The zero-order valence-electron chi connectivity index (χ0n) is 31.5. The molecule has 0 unspecified atom stereocenters. The van der Waals surface area contributed by atoms with Gasteiger partial charge in [-0.2, -0.15) is 11.3 Å². The summed E-state index contributed by atoms with van der Waals surface area (Å²) in [5.74, 6) is 0.547. The molecule has 5 aromatic rings. The van der Waals surface area contributed by atoms with Gasteiger partial charge >= 0.3 is 0 Å². The number of hydrogen-bond acceptors (Lipinski definition) is 6. The Hall–Kier alpha value is -2.86. The second-order valence-electron chi connectivity index (χ2n) is 11.8. The molecule has 0 fully saturated rings. The Labute approximate surface area is 286 Å². The van der Waals surface area contributed by atoms with E-state index in [4.69, 9.17) is 11.3 Å². The van der Waals surface area contributed by atoms with Crippen LogP contribution in [0.15, 0.2) is 58.2 Å². The minimum atomic E-state index is -2.32. The third-order valence-electron chi connectivity index (χ3n) is 7.62. The minimum absolute atomic E-state index is 0. The number of aliphatic hydroxyl groups is 1. The Balaban J connectivity index is 0.000000347. The quantitative estimate of drug-likeness (QED) is 0.0914. The Morgan fingerprint density at radius 2 is 1.77 bits per heavy atom. The topological polar surface area (TPSA) is 76.2 Å². The number of aryl methyl sites for hydroxylation is 1. The normalized spacial score (nSPS) is 14.5. The number of benzene rings is 1. The molecule has 4 heterocycles. The fourth-order valence-corrected chi connectivity index (χ4v) is 6.21. The summed E-state index contributed by atoms with van der Waals surface area (Å²) >= 11 is 1.45. The smallest absolute Gasteiger partial charge is 0.216 e. The first kappa shape index (κ1) is 28.6. The van der Waals surface area contributed by atoms with Crippen LogP contribution in [0.25, 0.3) is 43.4 Å². The van der Waals surface area contributed by atoms with Crippen LogP contribution >= 0.6 is 11.3 Å². The van der Waals surface area contributed by atoms with E-state index in [0.717, 1.165) is 46.5 Å². The van der Waals surface area contributed by atoms with Crippen molar-refractivity contribution in [2.24, 2.45) is 17.3 Å². The SMILES string of the molecule is CCC(CC)C(=O)/C=C(\O)C(CC)CC.[2H]C([2H])([2H])c1ccc2c(n1)oc1c(-c3nccc4c(C([2H])([2H])C(C)(C)C)csc34)[c-]ccc12.[Ir]. The van der Waals surface area contributed by atoms with Gasteiger partial charge in [0, 0.05) is 72.5 Å². The largest absolute Gasteiger partial charge is 0.512 e. The Bertz CT molecular complexity index is 1930.